The Morgan fingerprint density at radius 1 is 0.897 bits per heavy atom. The normalized spacial score (nSPS) is 10.2. The van der Waals surface area contributed by atoms with E-state index < -0.39 is 10.8 Å². The van der Waals surface area contributed by atoms with E-state index in [-0.39, 0.29) is 23.7 Å². The molecule has 0 heterocycles. The lowest BCUT2D eigenvalue weighted by molar-refractivity contribution is -0.383. The number of rotatable bonds is 6. The minimum absolute atomic E-state index is 0.114. The van der Waals surface area contributed by atoms with Gasteiger partial charge in [0.2, 0.25) is 5.91 Å². The molecular weight excluding hydrogens is 394 g/mol. The lowest BCUT2D eigenvalue weighted by Gasteiger charge is -2.08. The van der Waals surface area contributed by atoms with Crippen LogP contribution in [0.4, 0.5) is 17.1 Å². The summed E-state index contributed by atoms with van der Waals surface area (Å²) in [4.78, 5) is 35.0. The van der Waals surface area contributed by atoms with Gasteiger partial charge in [-0.2, -0.15) is 0 Å². The number of amides is 2. The molecule has 0 aliphatic rings. The number of halogens is 1. The number of nitrogens with zero attached hydrogens (tertiary/aromatic N) is 1. The first-order valence-electron chi connectivity index (χ1n) is 8.61. The average molecular weight is 410 g/mol. The van der Waals surface area contributed by atoms with Gasteiger partial charge in [0.15, 0.2) is 0 Å². The molecule has 0 saturated carbocycles. The van der Waals surface area contributed by atoms with E-state index >= 15 is 0 Å². The third-order valence-corrected chi connectivity index (χ3v) is 4.31. The third-order valence-electron chi connectivity index (χ3n) is 4.06. The SMILES string of the molecule is O=C(Cc1ccc(Cl)cc1)Nc1ccc(C(=O)Nc2ccccc2[N+](=O)[O-])cc1. The summed E-state index contributed by atoms with van der Waals surface area (Å²) in [5, 5.41) is 16.9. The standard InChI is InChI=1S/C21H16ClN3O4/c22-16-9-5-14(6-10-16)13-20(26)23-17-11-7-15(8-12-17)21(27)24-18-3-1-2-4-19(18)25(28)29/h1-12H,13H2,(H,23,26)(H,24,27). The van der Waals surface area contributed by atoms with Gasteiger partial charge in [-0.1, -0.05) is 35.9 Å². The fourth-order valence-corrected chi connectivity index (χ4v) is 2.76. The average Bonchev–Trinajstić information content (AvgIpc) is 2.70. The Morgan fingerprint density at radius 2 is 1.55 bits per heavy atom. The second-order valence-electron chi connectivity index (χ2n) is 6.16. The van der Waals surface area contributed by atoms with Gasteiger partial charge >= 0.3 is 0 Å². The number of hydrogen-bond acceptors (Lipinski definition) is 4. The maximum absolute atomic E-state index is 12.4. The number of anilines is 2. The van der Waals surface area contributed by atoms with Gasteiger partial charge in [-0.3, -0.25) is 19.7 Å². The van der Waals surface area contributed by atoms with Crippen molar-refractivity contribution < 1.29 is 14.5 Å². The molecule has 0 bridgehead atoms. The summed E-state index contributed by atoms with van der Waals surface area (Å²) in [6, 6.07) is 19.1. The number of carbonyl (C=O) groups is 2. The highest BCUT2D eigenvalue weighted by Crippen LogP contribution is 2.24. The van der Waals surface area contributed by atoms with Crippen LogP contribution in [0.5, 0.6) is 0 Å². The quantitative estimate of drug-likeness (QED) is 0.455. The topological polar surface area (TPSA) is 101 Å². The van der Waals surface area contributed by atoms with Crippen molar-refractivity contribution in [2.24, 2.45) is 0 Å². The van der Waals surface area contributed by atoms with E-state index in [4.69, 9.17) is 11.6 Å². The minimum atomic E-state index is -0.561. The van der Waals surface area contributed by atoms with Gasteiger partial charge in [-0.15, -0.1) is 0 Å². The molecule has 0 unspecified atom stereocenters. The number of nitro benzene ring substituents is 1. The van der Waals surface area contributed by atoms with Crippen LogP contribution in [0.25, 0.3) is 0 Å². The van der Waals surface area contributed by atoms with Crippen LogP contribution in [0.3, 0.4) is 0 Å². The van der Waals surface area contributed by atoms with Crippen molar-refractivity contribution in [2.75, 3.05) is 10.6 Å². The molecule has 7 nitrogen and oxygen atoms in total. The van der Waals surface area contributed by atoms with Crippen LogP contribution in [0.1, 0.15) is 15.9 Å². The molecule has 2 N–H and O–H groups in total. The van der Waals surface area contributed by atoms with Gasteiger partial charge in [0.1, 0.15) is 5.69 Å². The zero-order valence-corrected chi connectivity index (χ0v) is 15.8. The number of carbonyl (C=O) groups excluding carboxylic acids is 2. The molecule has 0 saturated heterocycles. The predicted molar refractivity (Wildman–Crippen MR) is 111 cm³/mol. The monoisotopic (exact) mass is 409 g/mol. The van der Waals surface area contributed by atoms with Crippen molar-refractivity contribution in [1.29, 1.82) is 0 Å². The minimum Gasteiger partial charge on any atom is -0.326 e. The Bertz CT molecular complexity index is 1050. The van der Waals surface area contributed by atoms with Crippen LogP contribution in [0.15, 0.2) is 72.8 Å². The van der Waals surface area contributed by atoms with Gasteiger partial charge in [0.25, 0.3) is 11.6 Å². The highest BCUT2D eigenvalue weighted by molar-refractivity contribution is 6.30. The Kier molecular flexibility index (Phi) is 6.21. The molecule has 0 atom stereocenters. The van der Waals surface area contributed by atoms with Crippen molar-refractivity contribution in [3.05, 3.63) is 99.1 Å². The molecule has 0 fully saturated rings. The zero-order valence-electron chi connectivity index (χ0n) is 15.1. The Labute approximate surface area is 171 Å². The zero-order chi connectivity index (χ0) is 20.8. The summed E-state index contributed by atoms with van der Waals surface area (Å²) < 4.78 is 0. The second kappa shape index (κ2) is 8.99. The highest BCUT2D eigenvalue weighted by atomic mass is 35.5. The van der Waals surface area contributed by atoms with E-state index in [1.807, 2.05) is 0 Å². The highest BCUT2D eigenvalue weighted by Gasteiger charge is 2.15. The smallest absolute Gasteiger partial charge is 0.292 e. The van der Waals surface area contributed by atoms with E-state index in [1.54, 1.807) is 42.5 Å². The molecule has 2 amide bonds. The van der Waals surface area contributed by atoms with E-state index in [0.29, 0.717) is 16.3 Å². The second-order valence-corrected chi connectivity index (χ2v) is 6.59. The van der Waals surface area contributed by atoms with Crippen molar-refractivity contribution in [2.45, 2.75) is 6.42 Å². The van der Waals surface area contributed by atoms with Crippen LogP contribution in [0, 0.1) is 10.1 Å². The molecule has 146 valence electrons. The lowest BCUT2D eigenvalue weighted by Crippen LogP contribution is -2.15. The van der Waals surface area contributed by atoms with E-state index in [2.05, 4.69) is 10.6 Å². The first-order chi connectivity index (χ1) is 13.9. The Hall–Kier alpha value is -3.71. The molecule has 8 heteroatoms. The van der Waals surface area contributed by atoms with Crippen molar-refractivity contribution in [1.82, 2.24) is 0 Å². The molecule has 0 aromatic heterocycles. The van der Waals surface area contributed by atoms with E-state index in [0.717, 1.165) is 5.56 Å². The Morgan fingerprint density at radius 3 is 2.21 bits per heavy atom. The molecule has 3 aromatic rings. The van der Waals surface area contributed by atoms with Crippen LogP contribution >= 0.6 is 11.6 Å². The Balaban J connectivity index is 1.62. The molecule has 0 aliphatic heterocycles. The first kappa shape index (κ1) is 20.0. The van der Waals surface area contributed by atoms with Crippen molar-refractivity contribution >= 4 is 40.5 Å². The molecule has 29 heavy (non-hydrogen) atoms. The van der Waals surface area contributed by atoms with Crippen LogP contribution in [-0.4, -0.2) is 16.7 Å². The van der Waals surface area contributed by atoms with Crippen LogP contribution in [0.2, 0.25) is 5.02 Å². The number of nitro groups is 1. The lowest BCUT2D eigenvalue weighted by atomic mass is 10.1. The summed E-state index contributed by atoms with van der Waals surface area (Å²) >= 11 is 5.83. The van der Waals surface area contributed by atoms with E-state index in [1.165, 1.54) is 30.3 Å². The van der Waals surface area contributed by atoms with Crippen LogP contribution < -0.4 is 10.6 Å². The number of benzene rings is 3. The maximum atomic E-state index is 12.4. The fourth-order valence-electron chi connectivity index (χ4n) is 2.63. The van der Waals surface area contributed by atoms with Crippen molar-refractivity contribution in [3.63, 3.8) is 0 Å². The number of hydrogen-bond donors (Lipinski definition) is 2. The molecule has 0 aliphatic carbocycles. The number of para-hydroxylation sites is 2. The summed E-state index contributed by atoms with van der Waals surface area (Å²) in [7, 11) is 0. The molecule has 0 spiro atoms. The summed E-state index contributed by atoms with van der Waals surface area (Å²) in [5.74, 6) is -0.692. The molecule has 3 aromatic carbocycles. The maximum Gasteiger partial charge on any atom is 0.292 e. The van der Waals surface area contributed by atoms with Crippen LogP contribution in [-0.2, 0) is 11.2 Å². The van der Waals surface area contributed by atoms with Crippen molar-refractivity contribution in [3.8, 4) is 0 Å². The van der Waals surface area contributed by atoms with Gasteiger partial charge in [-0.05, 0) is 48.0 Å². The molecule has 3 rings (SSSR count). The third kappa shape index (κ3) is 5.40. The van der Waals surface area contributed by atoms with Gasteiger partial charge < -0.3 is 10.6 Å². The largest absolute Gasteiger partial charge is 0.326 e. The van der Waals surface area contributed by atoms with Gasteiger partial charge in [0, 0.05) is 22.3 Å². The summed E-state index contributed by atoms with van der Waals surface area (Å²) in [5.41, 5.74) is 1.59. The first-order valence-corrected chi connectivity index (χ1v) is 8.99. The summed E-state index contributed by atoms with van der Waals surface area (Å²) in [6.45, 7) is 0. The summed E-state index contributed by atoms with van der Waals surface area (Å²) in [6.07, 6.45) is 0.192. The molecular formula is C21H16ClN3O4. The van der Waals surface area contributed by atoms with Gasteiger partial charge in [0.05, 0.1) is 11.3 Å². The predicted octanol–water partition coefficient (Wildman–Crippen LogP) is 4.68. The van der Waals surface area contributed by atoms with Gasteiger partial charge in [-0.25, -0.2) is 0 Å². The fraction of sp³-hybridized carbons (Fsp3) is 0.0476. The number of nitrogens with one attached hydrogen (secondary N) is 2. The molecule has 0 radical (unpaired) electrons. The van der Waals surface area contributed by atoms with E-state index in [9.17, 15) is 19.7 Å².